The molecule has 0 aliphatic rings. The van der Waals surface area contributed by atoms with Gasteiger partial charge in [0.05, 0.1) is 4.92 Å². The van der Waals surface area contributed by atoms with E-state index >= 15 is 0 Å². The number of hydrogen-bond acceptors (Lipinski definition) is 4. The Kier molecular flexibility index (Phi) is 6.51. The quantitative estimate of drug-likeness (QED) is 0.308. The second kappa shape index (κ2) is 8.83. The summed E-state index contributed by atoms with van der Waals surface area (Å²) in [6, 6.07) is 14.6. The van der Waals surface area contributed by atoms with Crippen LogP contribution in [0.5, 0.6) is 0 Å². The molecular weight excluding hydrogens is 324 g/mol. The van der Waals surface area contributed by atoms with Gasteiger partial charge < -0.3 is 16.0 Å². The van der Waals surface area contributed by atoms with Crippen molar-refractivity contribution in [3.63, 3.8) is 0 Å². The van der Waals surface area contributed by atoms with E-state index in [4.69, 9.17) is 12.2 Å². The summed E-state index contributed by atoms with van der Waals surface area (Å²) in [7, 11) is 0. The van der Waals surface area contributed by atoms with Gasteiger partial charge in [0.25, 0.3) is 5.69 Å². The van der Waals surface area contributed by atoms with E-state index in [1.807, 2.05) is 12.1 Å². The van der Waals surface area contributed by atoms with Gasteiger partial charge in [0.2, 0.25) is 0 Å². The van der Waals surface area contributed by atoms with Gasteiger partial charge in [-0.25, -0.2) is 0 Å². The Balaban J connectivity index is 1.75. The highest BCUT2D eigenvalue weighted by molar-refractivity contribution is 7.80. The van der Waals surface area contributed by atoms with Gasteiger partial charge in [-0.05, 0) is 42.4 Å². The average molecular weight is 344 g/mol. The van der Waals surface area contributed by atoms with E-state index in [-0.39, 0.29) is 5.69 Å². The Bertz CT molecular complexity index is 704. The Morgan fingerprint density at radius 1 is 1.12 bits per heavy atom. The predicted octanol–water partition coefficient (Wildman–Crippen LogP) is 3.56. The molecule has 0 atom stereocenters. The van der Waals surface area contributed by atoms with Gasteiger partial charge in [-0.1, -0.05) is 31.2 Å². The van der Waals surface area contributed by atoms with Crippen molar-refractivity contribution in [2.75, 3.05) is 23.7 Å². The summed E-state index contributed by atoms with van der Waals surface area (Å²) in [6.07, 6.45) is 1.00. The maximum absolute atomic E-state index is 10.9. The first-order valence-electron chi connectivity index (χ1n) is 7.71. The summed E-state index contributed by atoms with van der Waals surface area (Å²) in [5.74, 6) is 0. The third kappa shape index (κ3) is 5.20. The molecule has 0 fully saturated rings. The van der Waals surface area contributed by atoms with Crippen LogP contribution in [0.3, 0.4) is 0 Å². The van der Waals surface area contributed by atoms with Crippen LogP contribution in [0, 0.1) is 10.1 Å². The number of nitrogens with one attached hydrogen (secondary N) is 3. The van der Waals surface area contributed by atoms with Gasteiger partial charge in [-0.15, -0.1) is 0 Å². The van der Waals surface area contributed by atoms with Gasteiger partial charge in [0.1, 0.15) is 5.69 Å². The second-order valence-electron chi connectivity index (χ2n) is 5.13. The van der Waals surface area contributed by atoms with E-state index in [1.54, 1.807) is 18.2 Å². The van der Waals surface area contributed by atoms with E-state index in [9.17, 15) is 10.1 Å². The van der Waals surface area contributed by atoms with Crippen molar-refractivity contribution in [2.45, 2.75) is 13.3 Å². The molecule has 0 saturated heterocycles. The fourth-order valence-electron chi connectivity index (χ4n) is 2.15. The molecule has 24 heavy (non-hydrogen) atoms. The van der Waals surface area contributed by atoms with Crippen LogP contribution in [0.4, 0.5) is 17.1 Å². The topological polar surface area (TPSA) is 79.2 Å². The Morgan fingerprint density at radius 2 is 1.83 bits per heavy atom. The molecule has 0 aliphatic carbocycles. The molecule has 0 unspecified atom stereocenters. The number of rotatable bonds is 7. The number of thiocarbonyl (C=S) groups is 1. The highest BCUT2D eigenvalue weighted by atomic mass is 32.1. The van der Waals surface area contributed by atoms with E-state index < -0.39 is 4.92 Å². The lowest BCUT2D eigenvalue weighted by Crippen LogP contribution is -2.32. The average Bonchev–Trinajstić information content (AvgIpc) is 2.59. The van der Waals surface area contributed by atoms with Gasteiger partial charge in [0, 0.05) is 24.8 Å². The predicted molar refractivity (Wildman–Crippen MR) is 102 cm³/mol. The maximum atomic E-state index is 10.9. The summed E-state index contributed by atoms with van der Waals surface area (Å²) in [6.45, 7) is 3.17. The van der Waals surface area contributed by atoms with Gasteiger partial charge >= 0.3 is 0 Å². The molecule has 0 amide bonds. The Hall–Kier alpha value is -2.67. The van der Waals surface area contributed by atoms with E-state index in [1.165, 1.54) is 11.6 Å². The van der Waals surface area contributed by atoms with E-state index in [0.29, 0.717) is 23.9 Å². The summed E-state index contributed by atoms with van der Waals surface area (Å²) < 4.78 is 0. The van der Waals surface area contributed by atoms with Crippen LogP contribution < -0.4 is 16.0 Å². The molecule has 2 aromatic rings. The molecule has 0 saturated carbocycles. The third-order valence-corrected chi connectivity index (χ3v) is 3.69. The van der Waals surface area contributed by atoms with Crippen molar-refractivity contribution >= 4 is 34.4 Å². The molecule has 0 aromatic heterocycles. The molecule has 0 radical (unpaired) electrons. The molecule has 6 nitrogen and oxygen atoms in total. The fourth-order valence-corrected chi connectivity index (χ4v) is 2.37. The normalized spacial score (nSPS) is 10.0. The first kappa shape index (κ1) is 17.7. The standard InChI is InChI=1S/C17H20N4O2S/c1-2-13-7-9-14(10-8-13)20-17(24)19-12-11-18-15-5-3-4-6-16(15)21(22)23/h3-10,18H,2,11-12H2,1H3,(H2,19,20,24). The Labute approximate surface area is 146 Å². The molecule has 0 aliphatic heterocycles. The molecular formula is C17H20N4O2S. The van der Waals surface area contributed by atoms with Crippen LogP contribution in [0.1, 0.15) is 12.5 Å². The van der Waals surface area contributed by atoms with Gasteiger partial charge in [0.15, 0.2) is 5.11 Å². The van der Waals surface area contributed by atoms with Crippen LogP contribution >= 0.6 is 12.2 Å². The monoisotopic (exact) mass is 344 g/mol. The molecule has 0 spiro atoms. The SMILES string of the molecule is CCc1ccc(NC(=S)NCCNc2ccccc2[N+](=O)[O-])cc1. The smallest absolute Gasteiger partial charge is 0.292 e. The van der Waals surface area contributed by atoms with Crippen molar-refractivity contribution in [3.8, 4) is 0 Å². The van der Waals surface area contributed by atoms with Crippen molar-refractivity contribution in [2.24, 2.45) is 0 Å². The molecule has 0 heterocycles. The minimum atomic E-state index is -0.401. The number of nitro benzene ring substituents is 1. The highest BCUT2D eigenvalue weighted by Crippen LogP contribution is 2.22. The summed E-state index contributed by atoms with van der Waals surface area (Å²) in [5.41, 5.74) is 2.76. The first-order valence-corrected chi connectivity index (χ1v) is 8.12. The fraction of sp³-hybridized carbons (Fsp3) is 0.235. The second-order valence-corrected chi connectivity index (χ2v) is 5.54. The summed E-state index contributed by atoms with van der Waals surface area (Å²) in [5, 5.41) is 20.7. The number of hydrogen-bond donors (Lipinski definition) is 3. The third-order valence-electron chi connectivity index (χ3n) is 3.45. The summed E-state index contributed by atoms with van der Waals surface area (Å²) >= 11 is 5.24. The Morgan fingerprint density at radius 3 is 2.50 bits per heavy atom. The van der Waals surface area contributed by atoms with Gasteiger partial charge in [-0.2, -0.15) is 0 Å². The van der Waals surface area contributed by atoms with Crippen LogP contribution in [0.2, 0.25) is 0 Å². The largest absolute Gasteiger partial charge is 0.378 e. The maximum Gasteiger partial charge on any atom is 0.292 e. The van der Waals surface area contributed by atoms with Crippen molar-refractivity contribution < 1.29 is 4.92 Å². The minimum Gasteiger partial charge on any atom is -0.378 e. The zero-order valence-electron chi connectivity index (χ0n) is 13.4. The molecule has 2 rings (SSSR count). The lowest BCUT2D eigenvalue weighted by molar-refractivity contribution is -0.384. The van der Waals surface area contributed by atoms with Crippen LogP contribution in [-0.2, 0) is 6.42 Å². The highest BCUT2D eigenvalue weighted by Gasteiger charge is 2.11. The summed E-state index contributed by atoms with van der Waals surface area (Å²) in [4.78, 5) is 10.5. The number of para-hydroxylation sites is 2. The number of nitrogens with zero attached hydrogens (tertiary/aromatic N) is 1. The number of nitro groups is 1. The minimum absolute atomic E-state index is 0.0641. The lowest BCUT2D eigenvalue weighted by Gasteiger charge is -2.12. The van der Waals surface area contributed by atoms with Crippen molar-refractivity contribution in [1.82, 2.24) is 5.32 Å². The zero-order chi connectivity index (χ0) is 17.4. The molecule has 0 bridgehead atoms. The van der Waals surface area contributed by atoms with Crippen molar-refractivity contribution in [3.05, 3.63) is 64.2 Å². The van der Waals surface area contributed by atoms with Gasteiger partial charge in [-0.3, -0.25) is 10.1 Å². The molecule has 2 aromatic carbocycles. The number of aryl methyl sites for hydroxylation is 1. The van der Waals surface area contributed by atoms with Crippen LogP contribution in [-0.4, -0.2) is 23.1 Å². The first-order chi connectivity index (χ1) is 11.6. The molecule has 126 valence electrons. The van der Waals surface area contributed by atoms with Crippen LogP contribution in [0.15, 0.2) is 48.5 Å². The van der Waals surface area contributed by atoms with E-state index in [0.717, 1.165) is 12.1 Å². The van der Waals surface area contributed by atoms with Crippen LogP contribution in [0.25, 0.3) is 0 Å². The zero-order valence-corrected chi connectivity index (χ0v) is 14.2. The van der Waals surface area contributed by atoms with E-state index in [2.05, 4.69) is 35.0 Å². The molecule has 7 heteroatoms. The number of benzene rings is 2. The van der Waals surface area contributed by atoms with Crippen molar-refractivity contribution in [1.29, 1.82) is 0 Å². The molecule has 3 N–H and O–H groups in total. The number of anilines is 2. The lowest BCUT2D eigenvalue weighted by atomic mass is 10.1.